The molecule has 2 N–H and O–H groups in total. The van der Waals surface area contributed by atoms with Crippen LogP contribution in [0, 0.1) is 12.8 Å². The molecule has 1 aliphatic carbocycles. The van der Waals surface area contributed by atoms with Gasteiger partial charge >= 0.3 is 0 Å². The van der Waals surface area contributed by atoms with Gasteiger partial charge in [0.25, 0.3) is 0 Å². The minimum Gasteiger partial charge on any atom is -0.396 e. The van der Waals surface area contributed by atoms with Crippen LogP contribution >= 0.6 is 0 Å². The second-order valence-corrected chi connectivity index (χ2v) is 7.96. The third kappa shape index (κ3) is 3.65. The number of rotatable bonds is 5. The van der Waals surface area contributed by atoms with Crippen molar-refractivity contribution in [2.24, 2.45) is 5.92 Å². The molecule has 0 spiro atoms. The van der Waals surface area contributed by atoms with E-state index in [2.05, 4.69) is 65.7 Å². The molecule has 1 aliphatic heterocycles. The Morgan fingerprint density at radius 3 is 2.38 bits per heavy atom. The van der Waals surface area contributed by atoms with Crippen LogP contribution in [0.25, 0.3) is 11.1 Å². The first-order chi connectivity index (χ1) is 12.7. The van der Waals surface area contributed by atoms with Gasteiger partial charge in [-0.05, 0) is 61.3 Å². The van der Waals surface area contributed by atoms with Crippen molar-refractivity contribution in [3.8, 4) is 11.1 Å². The van der Waals surface area contributed by atoms with E-state index in [1.807, 2.05) is 0 Å². The van der Waals surface area contributed by atoms with Crippen LogP contribution in [0.2, 0.25) is 0 Å². The van der Waals surface area contributed by atoms with E-state index in [0.717, 1.165) is 25.9 Å². The summed E-state index contributed by atoms with van der Waals surface area (Å²) < 4.78 is 0. The maximum atomic E-state index is 9.17. The lowest BCUT2D eigenvalue weighted by Gasteiger charge is -2.41. The molecule has 0 amide bonds. The van der Waals surface area contributed by atoms with Crippen molar-refractivity contribution < 1.29 is 5.11 Å². The zero-order valence-electron chi connectivity index (χ0n) is 15.7. The predicted octanol–water partition coefficient (Wildman–Crippen LogP) is 3.99. The first kappa shape index (κ1) is 17.6. The lowest BCUT2D eigenvalue weighted by Crippen LogP contribution is -2.51. The summed E-state index contributed by atoms with van der Waals surface area (Å²) in [5.41, 5.74) is 5.41. The Hall–Kier alpha value is -1.84. The van der Waals surface area contributed by atoms with Crippen LogP contribution in [0.4, 0.5) is 5.69 Å². The van der Waals surface area contributed by atoms with Gasteiger partial charge in [-0.25, -0.2) is 0 Å². The molecule has 3 nitrogen and oxygen atoms in total. The third-order valence-electron chi connectivity index (χ3n) is 6.19. The summed E-state index contributed by atoms with van der Waals surface area (Å²) in [7, 11) is 0. The van der Waals surface area contributed by atoms with Crippen LogP contribution in [0.3, 0.4) is 0 Å². The highest BCUT2D eigenvalue weighted by Crippen LogP contribution is 2.33. The number of hydrogen-bond acceptors (Lipinski definition) is 3. The molecule has 2 aliphatic rings. The van der Waals surface area contributed by atoms with E-state index in [1.54, 1.807) is 0 Å². The van der Waals surface area contributed by atoms with Crippen molar-refractivity contribution in [2.75, 3.05) is 24.6 Å². The highest BCUT2D eigenvalue weighted by Gasteiger charge is 2.31. The molecule has 2 aromatic carbocycles. The minimum atomic E-state index is 0.355. The topological polar surface area (TPSA) is 35.5 Å². The molecule has 26 heavy (non-hydrogen) atoms. The van der Waals surface area contributed by atoms with Gasteiger partial charge in [0.2, 0.25) is 0 Å². The highest BCUT2D eigenvalue weighted by atomic mass is 16.3. The average Bonchev–Trinajstić information content (AvgIpc) is 2.66. The molecular formula is C23H30N2O. The van der Waals surface area contributed by atoms with E-state index in [0.29, 0.717) is 24.6 Å². The van der Waals surface area contributed by atoms with E-state index in [4.69, 9.17) is 5.11 Å². The summed E-state index contributed by atoms with van der Waals surface area (Å²) in [6.07, 6.45) is 4.70. The molecule has 4 rings (SSSR count). The van der Waals surface area contributed by atoms with E-state index >= 15 is 0 Å². The van der Waals surface area contributed by atoms with E-state index < -0.39 is 0 Å². The van der Waals surface area contributed by atoms with Crippen molar-refractivity contribution in [2.45, 2.75) is 44.7 Å². The lowest BCUT2D eigenvalue weighted by molar-refractivity contribution is 0.117. The molecule has 2 fully saturated rings. The Labute approximate surface area is 157 Å². The van der Waals surface area contributed by atoms with Crippen molar-refractivity contribution in [3.63, 3.8) is 0 Å². The van der Waals surface area contributed by atoms with Gasteiger partial charge in [0.05, 0.1) is 0 Å². The second-order valence-electron chi connectivity index (χ2n) is 7.96. The zero-order chi connectivity index (χ0) is 17.9. The molecular weight excluding hydrogens is 320 g/mol. The molecule has 0 bridgehead atoms. The van der Waals surface area contributed by atoms with Crippen LogP contribution in [0.15, 0.2) is 48.5 Å². The lowest BCUT2D eigenvalue weighted by atomic mass is 9.80. The molecule has 3 heteroatoms. The minimum absolute atomic E-state index is 0.355. The number of piperidine rings is 1. The molecule has 0 unspecified atom stereocenters. The van der Waals surface area contributed by atoms with Crippen LogP contribution in [-0.2, 0) is 0 Å². The van der Waals surface area contributed by atoms with Gasteiger partial charge in [0.1, 0.15) is 0 Å². The smallest absolute Gasteiger partial charge is 0.0460 e. The Kier molecular flexibility index (Phi) is 5.28. The first-order valence-corrected chi connectivity index (χ1v) is 10.0. The summed E-state index contributed by atoms with van der Waals surface area (Å²) in [6.45, 7) is 4.85. The summed E-state index contributed by atoms with van der Waals surface area (Å²) in [5.74, 6) is 0.538. The highest BCUT2D eigenvalue weighted by molar-refractivity contribution is 5.74. The summed E-state index contributed by atoms with van der Waals surface area (Å²) in [6, 6.07) is 18.6. The van der Waals surface area contributed by atoms with Crippen molar-refractivity contribution in [3.05, 3.63) is 54.1 Å². The van der Waals surface area contributed by atoms with Crippen LogP contribution in [0.5, 0.6) is 0 Å². The zero-order valence-corrected chi connectivity index (χ0v) is 15.7. The van der Waals surface area contributed by atoms with Crippen LogP contribution in [-0.4, -0.2) is 36.9 Å². The van der Waals surface area contributed by atoms with Gasteiger partial charge in [-0.15, -0.1) is 0 Å². The summed E-state index contributed by atoms with van der Waals surface area (Å²) >= 11 is 0. The Morgan fingerprint density at radius 1 is 0.962 bits per heavy atom. The van der Waals surface area contributed by atoms with Crippen molar-refractivity contribution in [1.82, 2.24) is 5.32 Å². The van der Waals surface area contributed by atoms with Gasteiger partial charge < -0.3 is 15.3 Å². The van der Waals surface area contributed by atoms with Gasteiger partial charge in [0, 0.05) is 37.5 Å². The fourth-order valence-electron chi connectivity index (χ4n) is 4.54. The van der Waals surface area contributed by atoms with E-state index in [-0.39, 0.29) is 0 Å². The maximum absolute atomic E-state index is 9.17. The Bertz CT molecular complexity index is 716. The molecule has 1 heterocycles. The van der Waals surface area contributed by atoms with E-state index in [9.17, 15) is 0 Å². The number of anilines is 1. The van der Waals surface area contributed by atoms with Gasteiger partial charge in [-0.3, -0.25) is 0 Å². The fourth-order valence-corrected chi connectivity index (χ4v) is 4.54. The van der Waals surface area contributed by atoms with E-state index in [1.165, 1.54) is 35.2 Å². The average molecular weight is 351 g/mol. The number of benzene rings is 2. The molecule has 1 saturated carbocycles. The Balaban J connectivity index is 1.39. The first-order valence-electron chi connectivity index (χ1n) is 10.0. The van der Waals surface area contributed by atoms with Gasteiger partial charge in [-0.2, -0.15) is 0 Å². The quantitative estimate of drug-likeness (QED) is 0.856. The molecule has 138 valence electrons. The third-order valence-corrected chi connectivity index (χ3v) is 6.19. The molecule has 0 aromatic heterocycles. The second kappa shape index (κ2) is 7.81. The van der Waals surface area contributed by atoms with Gasteiger partial charge in [0.15, 0.2) is 0 Å². The summed E-state index contributed by atoms with van der Waals surface area (Å²) in [5, 5.41) is 13.0. The summed E-state index contributed by atoms with van der Waals surface area (Å²) in [4.78, 5) is 2.55. The van der Waals surface area contributed by atoms with Gasteiger partial charge in [-0.1, -0.05) is 42.5 Å². The normalized spacial score (nSPS) is 23.7. The molecule has 1 saturated heterocycles. The molecule has 0 atom stereocenters. The fraction of sp³-hybridized carbons (Fsp3) is 0.478. The SMILES string of the molecule is Cc1c(-c2ccccc2)cccc1N1CCC(NC2CC(CO)C2)CC1. The largest absolute Gasteiger partial charge is 0.396 e. The van der Waals surface area contributed by atoms with Crippen molar-refractivity contribution in [1.29, 1.82) is 0 Å². The molecule has 2 aromatic rings. The number of aliphatic hydroxyl groups is 1. The monoisotopic (exact) mass is 350 g/mol. The number of nitrogens with one attached hydrogen (secondary N) is 1. The standard InChI is InChI=1S/C23H30N2O/c1-17-22(19-6-3-2-4-7-19)8-5-9-23(17)25-12-10-20(11-13-25)24-21-14-18(15-21)16-26/h2-9,18,20-21,24,26H,10-16H2,1H3. The number of nitrogens with zero attached hydrogens (tertiary/aromatic N) is 1. The molecule has 0 radical (unpaired) electrons. The van der Waals surface area contributed by atoms with Crippen molar-refractivity contribution >= 4 is 5.69 Å². The Morgan fingerprint density at radius 2 is 1.69 bits per heavy atom. The van der Waals surface area contributed by atoms with Crippen LogP contribution in [0.1, 0.15) is 31.2 Å². The maximum Gasteiger partial charge on any atom is 0.0460 e. The predicted molar refractivity (Wildman–Crippen MR) is 109 cm³/mol. The van der Waals surface area contributed by atoms with Crippen LogP contribution < -0.4 is 10.2 Å². The number of hydrogen-bond donors (Lipinski definition) is 2. The number of aliphatic hydroxyl groups excluding tert-OH is 1.